The van der Waals surface area contributed by atoms with Gasteiger partial charge in [-0.15, -0.1) is 0 Å². The number of halogens is 2. The largest absolute Gasteiger partial charge is 0.465 e. The number of ketones is 1. The zero-order valence-electron chi connectivity index (χ0n) is 17.0. The fourth-order valence-electron chi connectivity index (χ4n) is 3.89. The summed E-state index contributed by atoms with van der Waals surface area (Å²) in [5.74, 6) is -2.60. The van der Waals surface area contributed by atoms with Crippen molar-refractivity contribution in [3.8, 4) is 0 Å². The van der Waals surface area contributed by atoms with Gasteiger partial charge in [0.2, 0.25) is 5.91 Å². The van der Waals surface area contributed by atoms with E-state index in [1.807, 2.05) is 0 Å². The van der Waals surface area contributed by atoms with E-state index in [9.17, 15) is 23.2 Å². The lowest BCUT2D eigenvalue weighted by atomic mass is 9.94. The third kappa shape index (κ3) is 5.20. The first-order valence-corrected chi connectivity index (χ1v) is 10.1. The number of allylic oxidation sites excluding steroid dienone is 2. The molecule has 5 nitrogen and oxygen atoms in total. The number of nitrogens with zero attached hydrogens (tertiary/aromatic N) is 1. The first-order chi connectivity index (χ1) is 14.4. The molecule has 1 atom stereocenters. The number of hydrogen-bond donors (Lipinski definition) is 0. The van der Waals surface area contributed by atoms with Crippen molar-refractivity contribution in [2.45, 2.75) is 45.1 Å². The predicted octanol–water partition coefficient (Wildman–Crippen LogP) is 3.65. The van der Waals surface area contributed by atoms with Gasteiger partial charge in [0.05, 0.1) is 12.7 Å². The molecule has 1 saturated heterocycles. The number of benzene rings is 1. The third-order valence-corrected chi connectivity index (χ3v) is 5.54. The van der Waals surface area contributed by atoms with Crippen molar-refractivity contribution in [1.29, 1.82) is 0 Å². The Labute approximate surface area is 174 Å². The molecule has 0 N–H and O–H groups in total. The first kappa shape index (κ1) is 21.9. The number of esters is 1. The summed E-state index contributed by atoms with van der Waals surface area (Å²) < 4.78 is 33.7. The second kappa shape index (κ2) is 9.78. The highest BCUT2D eigenvalue weighted by atomic mass is 19.2. The number of hydrogen-bond acceptors (Lipinski definition) is 4. The van der Waals surface area contributed by atoms with Crippen LogP contribution in [0.3, 0.4) is 0 Å². The quantitative estimate of drug-likeness (QED) is 0.636. The summed E-state index contributed by atoms with van der Waals surface area (Å²) in [4.78, 5) is 36.9. The van der Waals surface area contributed by atoms with E-state index in [0.29, 0.717) is 37.8 Å². The van der Waals surface area contributed by atoms with Crippen LogP contribution in [0.2, 0.25) is 0 Å². The summed E-state index contributed by atoms with van der Waals surface area (Å²) in [7, 11) is 1.28. The number of amides is 1. The molecular weight excluding hydrogens is 392 g/mol. The fraction of sp³-hybridized carbons (Fsp3) is 0.435. The molecule has 2 aliphatic rings. The van der Waals surface area contributed by atoms with E-state index >= 15 is 0 Å². The second-order valence-electron chi connectivity index (χ2n) is 7.70. The smallest absolute Gasteiger partial charge is 0.337 e. The highest BCUT2D eigenvalue weighted by molar-refractivity contribution is 5.97. The number of rotatable bonds is 7. The molecule has 0 aromatic heterocycles. The van der Waals surface area contributed by atoms with Crippen LogP contribution < -0.4 is 0 Å². The van der Waals surface area contributed by atoms with Crippen molar-refractivity contribution in [1.82, 2.24) is 4.90 Å². The predicted molar refractivity (Wildman–Crippen MR) is 106 cm³/mol. The Hall–Kier alpha value is -2.83. The average molecular weight is 417 g/mol. The van der Waals surface area contributed by atoms with Crippen molar-refractivity contribution in [3.05, 3.63) is 58.7 Å². The molecular formula is C23H25F2NO4. The molecule has 0 radical (unpaired) electrons. The Morgan fingerprint density at radius 1 is 1.17 bits per heavy atom. The molecule has 0 saturated carbocycles. The molecule has 1 aliphatic heterocycles. The van der Waals surface area contributed by atoms with E-state index in [4.69, 9.17) is 4.74 Å². The van der Waals surface area contributed by atoms with Gasteiger partial charge in [0.15, 0.2) is 17.4 Å². The lowest BCUT2D eigenvalue weighted by molar-refractivity contribution is -0.135. The van der Waals surface area contributed by atoms with Gasteiger partial charge in [0.1, 0.15) is 0 Å². The van der Waals surface area contributed by atoms with Crippen molar-refractivity contribution >= 4 is 17.7 Å². The van der Waals surface area contributed by atoms with Crippen LogP contribution in [-0.2, 0) is 32.1 Å². The molecule has 1 aromatic carbocycles. The van der Waals surface area contributed by atoms with E-state index in [2.05, 4.69) is 0 Å². The van der Waals surface area contributed by atoms with E-state index in [1.165, 1.54) is 25.3 Å². The third-order valence-electron chi connectivity index (χ3n) is 5.54. The number of aryl methyl sites for hydroxylation is 1. The van der Waals surface area contributed by atoms with Crippen LogP contribution in [0.15, 0.2) is 35.9 Å². The molecule has 1 unspecified atom stereocenters. The van der Waals surface area contributed by atoms with Crippen LogP contribution >= 0.6 is 0 Å². The molecule has 1 amide bonds. The summed E-state index contributed by atoms with van der Waals surface area (Å²) in [6, 6.07) is 3.09. The maximum atomic E-state index is 14.5. The normalized spacial score (nSPS) is 19.1. The minimum atomic E-state index is -0.908. The highest BCUT2D eigenvalue weighted by Gasteiger charge is 2.23. The van der Waals surface area contributed by atoms with Gasteiger partial charge in [-0.3, -0.25) is 9.59 Å². The van der Waals surface area contributed by atoms with Gasteiger partial charge >= 0.3 is 5.97 Å². The monoisotopic (exact) mass is 417 g/mol. The molecule has 1 fully saturated rings. The van der Waals surface area contributed by atoms with Crippen LogP contribution in [0.4, 0.5) is 8.78 Å². The van der Waals surface area contributed by atoms with E-state index in [-0.39, 0.29) is 41.7 Å². The van der Waals surface area contributed by atoms with Gasteiger partial charge in [0, 0.05) is 31.5 Å². The Morgan fingerprint density at radius 3 is 2.60 bits per heavy atom. The van der Waals surface area contributed by atoms with E-state index in [0.717, 1.165) is 6.42 Å². The van der Waals surface area contributed by atoms with Crippen molar-refractivity contribution in [2.24, 2.45) is 5.92 Å². The van der Waals surface area contributed by atoms with Crippen LogP contribution in [-0.4, -0.2) is 36.2 Å². The summed E-state index contributed by atoms with van der Waals surface area (Å²) in [5.41, 5.74) is 0.767. The second-order valence-corrected chi connectivity index (χ2v) is 7.70. The standard InChI is InChI=1S/C23H25F2NO4/c1-30-23(29)17-9-10-19(27)13-15(12-17)4-2-5-16-7-8-18(22(25)21(16)24)14-26-11-3-6-20(26)28/h7-10,12,15H,2-6,11,13-14H2,1H3. The zero-order valence-corrected chi connectivity index (χ0v) is 17.0. The van der Waals surface area contributed by atoms with Gasteiger partial charge in [0.25, 0.3) is 0 Å². The average Bonchev–Trinajstić information content (AvgIpc) is 3.03. The fourth-order valence-corrected chi connectivity index (χ4v) is 3.89. The topological polar surface area (TPSA) is 63.7 Å². The minimum absolute atomic E-state index is 0.0364. The minimum Gasteiger partial charge on any atom is -0.465 e. The highest BCUT2D eigenvalue weighted by Crippen LogP contribution is 2.25. The van der Waals surface area contributed by atoms with Gasteiger partial charge in [-0.2, -0.15) is 0 Å². The van der Waals surface area contributed by atoms with Gasteiger partial charge in [-0.1, -0.05) is 18.2 Å². The number of carbonyl (C=O) groups excluding carboxylic acids is 3. The Morgan fingerprint density at radius 2 is 1.90 bits per heavy atom. The number of carbonyl (C=O) groups is 3. The maximum Gasteiger partial charge on any atom is 0.337 e. The van der Waals surface area contributed by atoms with Gasteiger partial charge in [-0.25, -0.2) is 13.6 Å². The lowest BCUT2D eigenvalue weighted by Crippen LogP contribution is -2.24. The SMILES string of the molecule is COC(=O)C1=CC(CCCc2ccc(CN3CCCC3=O)c(F)c2F)CC(=O)C=C1. The van der Waals surface area contributed by atoms with Gasteiger partial charge < -0.3 is 9.64 Å². The molecule has 1 heterocycles. The van der Waals surface area contributed by atoms with Crippen molar-refractivity contribution in [2.75, 3.05) is 13.7 Å². The molecule has 0 spiro atoms. The number of likely N-dealkylation sites (tertiary alicyclic amines) is 1. The summed E-state index contributed by atoms with van der Waals surface area (Å²) in [6.45, 7) is 0.651. The Bertz CT molecular complexity index is 907. The zero-order chi connectivity index (χ0) is 21.7. The molecule has 1 aromatic rings. The molecule has 160 valence electrons. The number of ether oxygens (including phenoxy) is 1. The van der Waals surface area contributed by atoms with Gasteiger partial charge in [-0.05, 0) is 49.3 Å². The molecule has 7 heteroatoms. The molecule has 3 rings (SSSR count). The number of methoxy groups -OCH3 is 1. The lowest BCUT2D eigenvalue weighted by Gasteiger charge is -2.17. The van der Waals surface area contributed by atoms with Crippen LogP contribution in [0.5, 0.6) is 0 Å². The summed E-state index contributed by atoms with van der Waals surface area (Å²) >= 11 is 0. The van der Waals surface area contributed by atoms with E-state index in [1.54, 1.807) is 17.0 Å². The summed E-state index contributed by atoms with van der Waals surface area (Å²) in [6.07, 6.45) is 7.37. The van der Waals surface area contributed by atoms with E-state index < -0.39 is 17.6 Å². The van der Waals surface area contributed by atoms with Crippen molar-refractivity contribution < 1.29 is 27.9 Å². The van der Waals surface area contributed by atoms with Crippen molar-refractivity contribution in [3.63, 3.8) is 0 Å². The van der Waals surface area contributed by atoms with Crippen LogP contribution in [0.1, 0.15) is 43.2 Å². The van der Waals surface area contributed by atoms with Crippen LogP contribution in [0, 0.1) is 17.6 Å². The molecule has 1 aliphatic carbocycles. The summed E-state index contributed by atoms with van der Waals surface area (Å²) in [5, 5.41) is 0. The van der Waals surface area contributed by atoms with Crippen LogP contribution in [0.25, 0.3) is 0 Å². The first-order valence-electron chi connectivity index (χ1n) is 10.1. The Kier molecular flexibility index (Phi) is 7.13. The molecule has 0 bridgehead atoms. The molecule has 30 heavy (non-hydrogen) atoms. The Balaban J connectivity index is 1.61. The maximum absolute atomic E-state index is 14.5.